The van der Waals surface area contributed by atoms with Crippen LogP contribution in [-0.4, -0.2) is 23.6 Å². The van der Waals surface area contributed by atoms with Crippen molar-refractivity contribution in [2.75, 3.05) is 19.0 Å². The second kappa shape index (κ2) is 5.45. The molecule has 2 aliphatic carbocycles. The quantitative estimate of drug-likeness (QED) is 0.885. The van der Waals surface area contributed by atoms with E-state index >= 15 is 0 Å². The summed E-state index contributed by atoms with van der Waals surface area (Å²) in [4.78, 5) is 9.56. The first-order valence-corrected chi connectivity index (χ1v) is 7.52. The summed E-state index contributed by atoms with van der Waals surface area (Å²) in [5.74, 6) is 2.55. The molecule has 0 spiro atoms. The highest BCUT2D eigenvalue weighted by Crippen LogP contribution is 2.43. The Bertz CT molecular complexity index is 440. The van der Waals surface area contributed by atoms with E-state index in [-0.39, 0.29) is 6.10 Å². The minimum Gasteiger partial charge on any atom is -0.373 e. The van der Waals surface area contributed by atoms with Crippen molar-refractivity contribution in [3.63, 3.8) is 0 Å². The van der Waals surface area contributed by atoms with Crippen molar-refractivity contribution >= 4 is 5.82 Å². The van der Waals surface area contributed by atoms with Gasteiger partial charge in [0.2, 0.25) is 0 Å². The van der Waals surface area contributed by atoms with Crippen molar-refractivity contribution in [1.29, 1.82) is 0 Å². The van der Waals surface area contributed by atoms with Crippen LogP contribution in [0.5, 0.6) is 0 Å². The summed E-state index contributed by atoms with van der Waals surface area (Å²) in [7, 11) is 1.95. The topological polar surface area (TPSA) is 47.0 Å². The van der Waals surface area contributed by atoms with Gasteiger partial charge in [-0.2, -0.15) is 0 Å². The third-order valence-corrected chi connectivity index (χ3v) is 4.09. The highest BCUT2D eigenvalue weighted by atomic mass is 16.5. The van der Waals surface area contributed by atoms with Crippen molar-refractivity contribution in [2.45, 2.75) is 51.6 Å². The molecule has 4 nitrogen and oxygen atoms in total. The average molecular weight is 261 g/mol. The fourth-order valence-corrected chi connectivity index (χ4v) is 2.95. The first-order chi connectivity index (χ1) is 9.33. The molecular weight excluding hydrogens is 238 g/mol. The van der Waals surface area contributed by atoms with Crippen molar-refractivity contribution in [1.82, 2.24) is 9.97 Å². The number of anilines is 1. The molecule has 0 aliphatic heterocycles. The van der Waals surface area contributed by atoms with Crippen LogP contribution < -0.4 is 5.32 Å². The number of hydrogen-bond donors (Lipinski definition) is 1. The van der Waals surface area contributed by atoms with E-state index in [9.17, 15) is 0 Å². The van der Waals surface area contributed by atoms with Crippen LogP contribution in [0.25, 0.3) is 0 Å². The molecule has 1 heterocycles. The largest absolute Gasteiger partial charge is 0.373 e. The number of fused-ring (bicyclic) bond motifs is 1. The molecule has 0 radical (unpaired) electrons. The third kappa shape index (κ3) is 2.59. The molecule has 1 atom stereocenters. The van der Waals surface area contributed by atoms with Crippen molar-refractivity contribution in [3.05, 3.63) is 17.1 Å². The van der Waals surface area contributed by atoms with Crippen molar-refractivity contribution < 1.29 is 4.74 Å². The van der Waals surface area contributed by atoms with Crippen LogP contribution in [0.4, 0.5) is 5.82 Å². The van der Waals surface area contributed by atoms with Crippen LogP contribution in [0.1, 0.15) is 55.8 Å². The van der Waals surface area contributed by atoms with Crippen LogP contribution in [0.3, 0.4) is 0 Å². The van der Waals surface area contributed by atoms with Gasteiger partial charge in [-0.1, -0.05) is 0 Å². The lowest BCUT2D eigenvalue weighted by Crippen LogP contribution is -2.17. The lowest BCUT2D eigenvalue weighted by atomic mass is 9.96. The Morgan fingerprint density at radius 3 is 2.74 bits per heavy atom. The van der Waals surface area contributed by atoms with Gasteiger partial charge in [-0.15, -0.1) is 0 Å². The summed E-state index contributed by atoms with van der Waals surface area (Å²) >= 11 is 0. The average Bonchev–Trinajstić information content (AvgIpc) is 3.28. The Morgan fingerprint density at radius 2 is 2.05 bits per heavy atom. The van der Waals surface area contributed by atoms with Gasteiger partial charge in [0.1, 0.15) is 11.9 Å². The van der Waals surface area contributed by atoms with Crippen molar-refractivity contribution in [3.8, 4) is 0 Å². The fourth-order valence-electron chi connectivity index (χ4n) is 2.95. The molecule has 1 saturated carbocycles. The van der Waals surface area contributed by atoms with E-state index in [0.717, 1.165) is 31.1 Å². The molecule has 104 valence electrons. The van der Waals surface area contributed by atoms with E-state index in [0.29, 0.717) is 5.92 Å². The number of aryl methyl sites for hydroxylation is 1. The number of nitrogens with one attached hydrogen (secondary N) is 1. The second-order valence-corrected chi connectivity index (χ2v) is 5.53. The number of aromatic nitrogens is 2. The first-order valence-electron chi connectivity index (χ1n) is 7.52. The lowest BCUT2D eigenvalue weighted by molar-refractivity contribution is 0.0399. The molecule has 19 heavy (non-hydrogen) atoms. The zero-order valence-corrected chi connectivity index (χ0v) is 11.9. The molecule has 2 aliphatic rings. The van der Waals surface area contributed by atoms with E-state index < -0.39 is 0 Å². The minimum atomic E-state index is 0.101. The summed E-state index contributed by atoms with van der Waals surface area (Å²) in [6, 6.07) is 0. The first kappa shape index (κ1) is 12.9. The van der Waals surface area contributed by atoms with Gasteiger partial charge >= 0.3 is 0 Å². The van der Waals surface area contributed by atoms with Crippen LogP contribution >= 0.6 is 0 Å². The molecular formula is C15H23N3O. The Labute approximate surface area is 115 Å². The molecule has 0 amide bonds. The van der Waals surface area contributed by atoms with Gasteiger partial charge in [-0.3, -0.25) is 0 Å². The Hall–Kier alpha value is -1.16. The van der Waals surface area contributed by atoms with Crippen molar-refractivity contribution in [2.24, 2.45) is 5.92 Å². The monoisotopic (exact) mass is 261 g/mol. The van der Waals surface area contributed by atoms with Gasteiger partial charge in [0, 0.05) is 24.9 Å². The normalized spacial score (nSPS) is 19.9. The highest BCUT2D eigenvalue weighted by molar-refractivity contribution is 5.47. The maximum absolute atomic E-state index is 5.89. The van der Waals surface area contributed by atoms with Gasteiger partial charge in [-0.25, -0.2) is 9.97 Å². The van der Waals surface area contributed by atoms with Crippen LogP contribution in [-0.2, 0) is 17.6 Å². The zero-order chi connectivity index (χ0) is 13.2. The molecule has 0 saturated heterocycles. The molecule has 1 fully saturated rings. The Morgan fingerprint density at radius 1 is 1.26 bits per heavy atom. The highest BCUT2D eigenvalue weighted by Gasteiger charge is 2.35. The number of nitrogens with zero attached hydrogens (tertiary/aromatic N) is 2. The molecule has 0 bridgehead atoms. The lowest BCUT2D eigenvalue weighted by Gasteiger charge is -2.22. The smallest absolute Gasteiger partial charge is 0.160 e. The fraction of sp³-hybridized carbons (Fsp3) is 0.733. The van der Waals surface area contributed by atoms with E-state index in [1.165, 1.54) is 36.9 Å². The summed E-state index contributed by atoms with van der Waals surface area (Å²) in [5.41, 5.74) is 2.56. The number of ether oxygens (including phenoxy) is 1. The van der Waals surface area contributed by atoms with Crippen LogP contribution in [0.15, 0.2) is 0 Å². The molecule has 1 aromatic rings. The van der Waals surface area contributed by atoms with Gasteiger partial charge in [-0.05, 0) is 51.4 Å². The van der Waals surface area contributed by atoms with Crippen LogP contribution in [0.2, 0.25) is 0 Å². The standard InChI is InChI=1S/C15H23N3O/c1-3-19-13(10-8-9-10)15-17-12-7-5-4-6-11(12)14(16-2)18-15/h10,13H,3-9H2,1-2H3,(H,16,17,18). The molecule has 4 heteroatoms. The Balaban J connectivity index is 1.96. The summed E-state index contributed by atoms with van der Waals surface area (Å²) in [6.07, 6.45) is 7.29. The van der Waals surface area contributed by atoms with E-state index in [1.54, 1.807) is 0 Å². The predicted molar refractivity (Wildman–Crippen MR) is 75.3 cm³/mol. The Kier molecular flexibility index (Phi) is 3.69. The summed E-state index contributed by atoms with van der Waals surface area (Å²) in [6.45, 7) is 2.78. The minimum absolute atomic E-state index is 0.101. The van der Waals surface area contributed by atoms with Gasteiger partial charge in [0.25, 0.3) is 0 Å². The van der Waals surface area contributed by atoms with E-state index in [4.69, 9.17) is 14.7 Å². The maximum atomic E-state index is 5.89. The van der Waals surface area contributed by atoms with Gasteiger partial charge in [0.05, 0.1) is 0 Å². The maximum Gasteiger partial charge on any atom is 0.160 e. The van der Waals surface area contributed by atoms with Gasteiger partial charge < -0.3 is 10.1 Å². The predicted octanol–water partition coefficient (Wildman–Crippen LogP) is 2.88. The number of hydrogen-bond acceptors (Lipinski definition) is 4. The molecule has 1 N–H and O–H groups in total. The van der Waals surface area contributed by atoms with E-state index in [1.807, 2.05) is 14.0 Å². The molecule has 3 rings (SSSR count). The second-order valence-electron chi connectivity index (χ2n) is 5.53. The van der Waals surface area contributed by atoms with Gasteiger partial charge in [0.15, 0.2) is 5.82 Å². The molecule has 1 unspecified atom stereocenters. The van der Waals surface area contributed by atoms with E-state index in [2.05, 4.69) is 5.32 Å². The zero-order valence-electron chi connectivity index (χ0n) is 11.9. The third-order valence-electron chi connectivity index (χ3n) is 4.09. The molecule has 0 aromatic carbocycles. The summed E-state index contributed by atoms with van der Waals surface area (Å²) < 4.78 is 5.89. The molecule has 1 aromatic heterocycles. The SMILES string of the molecule is CCOC(c1nc2c(c(NC)n1)CCCC2)C1CC1. The summed E-state index contributed by atoms with van der Waals surface area (Å²) in [5, 5.41) is 3.25. The number of rotatable bonds is 5. The van der Waals surface area contributed by atoms with Crippen LogP contribution in [0, 0.1) is 5.92 Å².